The summed E-state index contributed by atoms with van der Waals surface area (Å²) in [5.74, 6) is -2.98. The van der Waals surface area contributed by atoms with Gasteiger partial charge in [-0.1, -0.05) is 11.3 Å². The number of ether oxygens (including phenoxy) is 2. The summed E-state index contributed by atoms with van der Waals surface area (Å²) < 4.78 is 74.9. The van der Waals surface area contributed by atoms with E-state index in [2.05, 4.69) is 14.6 Å². The minimum atomic E-state index is -4.85. The maximum atomic E-state index is 14.3. The fourth-order valence-electron chi connectivity index (χ4n) is 3.36. The molecule has 34 heavy (non-hydrogen) atoms. The van der Waals surface area contributed by atoms with Crippen molar-refractivity contribution in [1.29, 1.82) is 0 Å². The number of aromatic nitrogens is 1. The van der Waals surface area contributed by atoms with Crippen LogP contribution < -0.4 is 9.64 Å². The summed E-state index contributed by atoms with van der Waals surface area (Å²) in [6.45, 7) is 2.99. The van der Waals surface area contributed by atoms with Gasteiger partial charge in [0.2, 0.25) is 0 Å². The first-order valence-corrected chi connectivity index (χ1v) is 10.7. The Morgan fingerprint density at radius 2 is 1.88 bits per heavy atom. The van der Waals surface area contributed by atoms with Gasteiger partial charge in [0, 0.05) is 38.3 Å². The average Bonchev–Trinajstić information content (AvgIpc) is 3.16. The highest BCUT2D eigenvalue weighted by Gasteiger charge is 2.31. The third kappa shape index (κ3) is 6.32. The first kappa shape index (κ1) is 26.1. The molecule has 1 fully saturated rings. The van der Waals surface area contributed by atoms with E-state index in [0.717, 1.165) is 29.5 Å². The van der Waals surface area contributed by atoms with Gasteiger partial charge in [-0.2, -0.15) is 0 Å². The summed E-state index contributed by atoms with van der Waals surface area (Å²) in [5.41, 5.74) is 0.0204. The zero-order chi connectivity index (χ0) is 23.6. The van der Waals surface area contributed by atoms with Crippen molar-refractivity contribution in [1.82, 2.24) is 9.88 Å². The number of anilines is 1. The summed E-state index contributed by atoms with van der Waals surface area (Å²) in [4.78, 5) is 20.9. The zero-order valence-electron chi connectivity index (χ0n) is 17.5. The summed E-state index contributed by atoms with van der Waals surface area (Å²) in [6.07, 6.45) is -4.85. The molecule has 3 aromatic rings. The lowest BCUT2D eigenvalue weighted by Gasteiger charge is -2.29. The summed E-state index contributed by atoms with van der Waals surface area (Å²) >= 11 is 0.971. The molecule has 0 spiro atoms. The maximum absolute atomic E-state index is 14.3. The minimum Gasteiger partial charge on any atom is -0.406 e. The Morgan fingerprint density at radius 3 is 2.56 bits per heavy atom. The molecule has 4 rings (SSSR count). The number of carbonyl (C=O) groups is 1. The molecule has 6 nitrogen and oxygen atoms in total. The smallest absolute Gasteiger partial charge is 0.406 e. The lowest BCUT2D eigenvalue weighted by molar-refractivity contribution is -0.274. The van der Waals surface area contributed by atoms with Crippen LogP contribution in [0.15, 0.2) is 36.4 Å². The summed E-state index contributed by atoms with van der Waals surface area (Å²) in [5, 5.41) is 0.177. The van der Waals surface area contributed by atoms with E-state index < -0.39 is 29.7 Å². The Balaban J connectivity index is 0.00000324. The van der Waals surface area contributed by atoms with Crippen LogP contribution in [0.1, 0.15) is 10.4 Å². The van der Waals surface area contributed by atoms with E-state index in [1.54, 1.807) is 0 Å². The average molecular weight is 524 g/mol. The van der Waals surface area contributed by atoms with Crippen LogP contribution in [0.4, 0.5) is 27.1 Å². The van der Waals surface area contributed by atoms with Crippen LogP contribution >= 0.6 is 23.7 Å². The van der Waals surface area contributed by atoms with Gasteiger partial charge in [0.25, 0.3) is 5.91 Å². The number of thiazole rings is 1. The van der Waals surface area contributed by atoms with Gasteiger partial charge in [-0.05, 0) is 24.3 Å². The molecule has 1 aliphatic rings. The minimum absolute atomic E-state index is 0. The second-order valence-electron chi connectivity index (χ2n) is 7.21. The first-order valence-electron chi connectivity index (χ1n) is 9.93. The molecule has 0 atom stereocenters. The molecule has 184 valence electrons. The van der Waals surface area contributed by atoms with Gasteiger partial charge in [-0.25, -0.2) is 13.8 Å². The van der Waals surface area contributed by atoms with E-state index in [-0.39, 0.29) is 29.6 Å². The quantitative estimate of drug-likeness (QED) is 0.431. The van der Waals surface area contributed by atoms with Gasteiger partial charge in [0.05, 0.1) is 29.0 Å². The van der Waals surface area contributed by atoms with Crippen molar-refractivity contribution >= 4 is 45.0 Å². The van der Waals surface area contributed by atoms with Crippen molar-refractivity contribution in [2.45, 2.75) is 6.36 Å². The van der Waals surface area contributed by atoms with Crippen molar-refractivity contribution in [2.24, 2.45) is 0 Å². The van der Waals surface area contributed by atoms with Gasteiger partial charge in [-0.3, -0.25) is 14.6 Å². The van der Waals surface area contributed by atoms with Crippen molar-refractivity contribution in [2.75, 3.05) is 44.3 Å². The van der Waals surface area contributed by atoms with Crippen LogP contribution in [-0.2, 0) is 4.74 Å². The third-order valence-electron chi connectivity index (χ3n) is 4.96. The number of morpholine rings is 1. The topological polar surface area (TPSA) is 54.9 Å². The van der Waals surface area contributed by atoms with E-state index in [1.165, 1.54) is 17.0 Å². The highest BCUT2D eigenvalue weighted by atomic mass is 35.5. The van der Waals surface area contributed by atoms with Gasteiger partial charge in [0.15, 0.2) is 5.13 Å². The molecule has 1 aromatic heterocycles. The number of hydrogen-bond donors (Lipinski definition) is 0. The predicted molar refractivity (Wildman–Crippen MR) is 119 cm³/mol. The number of hydrogen-bond acceptors (Lipinski definition) is 6. The van der Waals surface area contributed by atoms with Crippen molar-refractivity contribution in [3.8, 4) is 5.75 Å². The van der Waals surface area contributed by atoms with Crippen LogP contribution in [0.5, 0.6) is 5.75 Å². The monoisotopic (exact) mass is 523 g/mol. The Morgan fingerprint density at radius 1 is 1.15 bits per heavy atom. The van der Waals surface area contributed by atoms with Crippen LogP contribution in [0.25, 0.3) is 10.2 Å². The lowest BCUT2D eigenvalue weighted by Crippen LogP contribution is -2.43. The standard InChI is InChI=1S/C21H18F5N3O3S.ClH/c22-13-1-3-15(16(23)11-13)19(30)29(6-5-28-7-9-31-10-8-28)20-27-17-4-2-14(12-18(17)33-20)32-21(24,25)26;/h1-4,11-12H,5-10H2;1H. The van der Waals surface area contributed by atoms with Gasteiger partial charge in [0.1, 0.15) is 17.4 Å². The normalized spacial score (nSPS) is 14.6. The van der Waals surface area contributed by atoms with Crippen LogP contribution in [0, 0.1) is 11.6 Å². The Kier molecular flexibility index (Phi) is 8.29. The predicted octanol–water partition coefficient (Wildman–Crippen LogP) is 4.87. The van der Waals surface area contributed by atoms with E-state index in [9.17, 15) is 26.7 Å². The Bertz CT molecular complexity index is 1150. The summed E-state index contributed by atoms with van der Waals surface area (Å²) in [7, 11) is 0. The number of rotatable bonds is 6. The van der Waals surface area contributed by atoms with Gasteiger partial charge >= 0.3 is 6.36 Å². The SMILES string of the molecule is Cl.O=C(c1ccc(F)cc1F)N(CCN1CCOCC1)c1nc2ccc(OC(F)(F)F)cc2s1. The molecule has 0 saturated carbocycles. The van der Waals surface area contributed by atoms with Gasteiger partial charge < -0.3 is 9.47 Å². The van der Waals surface area contributed by atoms with Crippen LogP contribution in [-0.4, -0.2) is 61.5 Å². The molecular formula is C21H19ClF5N3O3S. The molecule has 0 N–H and O–H groups in total. The van der Waals surface area contributed by atoms with E-state index >= 15 is 0 Å². The number of amides is 1. The van der Waals surface area contributed by atoms with Crippen LogP contribution in [0.2, 0.25) is 0 Å². The second kappa shape index (κ2) is 10.8. The Labute approximate surface area is 201 Å². The molecule has 2 aromatic carbocycles. The molecule has 1 amide bonds. The largest absolute Gasteiger partial charge is 0.573 e. The highest BCUT2D eigenvalue weighted by molar-refractivity contribution is 7.22. The van der Waals surface area contributed by atoms with Gasteiger partial charge in [-0.15, -0.1) is 25.6 Å². The number of halogens is 6. The number of benzene rings is 2. The third-order valence-corrected chi connectivity index (χ3v) is 6.00. The molecular weight excluding hydrogens is 505 g/mol. The van der Waals surface area contributed by atoms with E-state index in [4.69, 9.17) is 4.74 Å². The molecule has 13 heteroatoms. The first-order chi connectivity index (χ1) is 15.7. The van der Waals surface area contributed by atoms with E-state index in [1.807, 2.05) is 0 Å². The lowest BCUT2D eigenvalue weighted by atomic mass is 10.2. The highest BCUT2D eigenvalue weighted by Crippen LogP contribution is 2.34. The zero-order valence-corrected chi connectivity index (χ0v) is 19.1. The van der Waals surface area contributed by atoms with Crippen LogP contribution in [0.3, 0.4) is 0 Å². The number of fused-ring (bicyclic) bond motifs is 1. The molecule has 1 saturated heterocycles. The molecule has 0 aliphatic carbocycles. The summed E-state index contributed by atoms with van der Waals surface area (Å²) in [6, 6.07) is 6.30. The number of alkyl halides is 3. The fourth-order valence-corrected chi connectivity index (χ4v) is 4.38. The number of carbonyl (C=O) groups excluding carboxylic acids is 1. The second-order valence-corrected chi connectivity index (χ2v) is 8.22. The molecule has 0 radical (unpaired) electrons. The number of nitrogens with zero attached hydrogens (tertiary/aromatic N) is 3. The Hall–Kier alpha value is -2.54. The van der Waals surface area contributed by atoms with Crippen molar-refractivity contribution < 1.29 is 36.2 Å². The molecule has 2 heterocycles. The maximum Gasteiger partial charge on any atom is 0.573 e. The fraction of sp³-hybridized carbons (Fsp3) is 0.333. The van der Waals surface area contributed by atoms with Crippen molar-refractivity contribution in [3.05, 3.63) is 53.6 Å². The molecule has 0 bridgehead atoms. The van der Waals surface area contributed by atoms with Crippen molar-refractivity contribution in [3.63, 3.8) is 0 Å². The van der Waals surface area contributed by atoms with E-state index in [0.29, 0.717) is 49.1 Å². The molecule has 1 aliphatic heterocycles. The molecule has 0 unspecified atom stereocenters.